The first-order valence-corrected chi connectivity index (χ1v) is 12.8. The fraction of sp³-hybridized carbons (Fsp3) is 0.125. The van der Waals surface area contributed by atoms with E-state index in [-0.39, 0.29) is 17.3 Å². The topological polar surface area (TPSA) is 67.3 Å². The number of rotatable bonds is 3. The number of Topliss-reactive ketones (excluding diaryl/α,β-unsaturated/α-hetero) is 3. The maximum atomic E-state index is 14.5. The van der Waals surface area contributed by atoms with Crippen LogP contribution in [0.25, 0.3) is 6.08 Å². The maximum absolute atomic E-state index is 14.5. The largest absolute Gasteiger partial charge is 0.352 e. The van der Waals surface area contributed by atoms with Gasteiger partial charge in [0.15, 0.2) is 17.3 Å². The summed E-state index contributed by atoms with van der Waals surface area (Å²) in [6.45, 7) is 0. The van der Waals surface area contributed by atoms with Gasteiger partial charge in [0.25, 0.3) is 0 Å². The first kappa shape index (κ1) is 22.8. The molecule has 3 aliphatic rings. The normalized spacial score (nSPS) is 22.3. The molecule has 0 amide bonds. The first-order chi connectivity index (χ1) is 18.5. The van der Waals surface area contributed by atoms with Crippen molar-refractivity contribution in [1.82, 2.24) is 4.98 Å². The zero-order valence-corrected chi connectivity index (χ0v) is 20.9. The third kappa shape index (κ3) is 2.93. The number of hydrogen-bond donors (Lipinski definition) is 0. The summed E-state index contributed by atoms with van der Waals surface area (Å²) in [6, 6.07) is 23.7. The number of anilines is 1. The second-order valence-electron chi connectivity index (χ2n) is 9.92. The molecular weight excluding hydrogens is 496 g/mol. The lowest BCUT2D eigenvalue weighted by Gasteiger charge is -2.37. The van der Waals surface area contributed by atoms with Crippen molar-refractivity contribution < 1.29 is 14.4 Å². The summed E-state index contributed by atoms with van der Waals surface area (Å²) in [5.41, 5.74) is 2.16. The van der Waals surface area contributed by atoms with Crippen molar-refractivity contribution in [3.05, 3.63) is 136 Å². The molecule has 0 radical (unpaired) electrons. The van der Waals surface area contributed by atoms with Crippen LogP contribution in [0.4, 0.5) is 5.69 Å². The van der Waals surface area contributed by atoms with Crippen molar-refractivity contribution in [1.29, 1.82) is 0 Å². The van der Waals surface area contributed by atoms with Crippen LogP contribution in [0, 0.1) is 5.41 Å². The number of hydrogen-bond acceptors (Lipinski definition) is 5. The highest BCUT2D eigenvalue weighted by molar-refractivity contribution is 6.32. The van der Waals surface area contributed by atoms with E-state index in [0.29, 0.717) is 27.3 Å². The Kier molecular flexibility index (Phi) is 5.00. The van der Waals surface area contributed by atoms with E-state index in [1.807, 2.05) is 47.4 Å². The van der Waals surface area contributed by atoms with Gasteiger partial charge in [0, 0.05) is 45.7 Å². The van der Waals surface area contributed by atoms with Gasteiger partial charge >= 0.3 is 0 Å². The molecule has 38 heavy (non-hydrogen) atoms. The Morgan fingerprint density at radius 1 is 0.842 bits per heavy atom. The smallest absolute Gasteiger partial charge is 0.185 e. The Morgan fingerprint density at radius 2 is 1.53 bits per heavy atom. The molecule has 2 aliphatic heterocycles. The SMILES string of the molecule is O=C(c1ccc(Cl)cc1)[C@H]1[C@H](c2cccnc2)C2(C(=O)c3ccccc3C2=O)[C@H]2C=Cc3ccccc3N12. The molecule has 6 heteroatoms. The summed E-state index contributed by atoms with van der Waals surface area (Å²) < 4.78 is 0. The molecule has 3 heterocycles. The second-order valence-corrected chi connectivity index (χ2v) is 10.4. The van der Waals surface area contributed by atoms with Crippen LogP contribution in [0.1, 0.15) is 48.1 Å². The molecule has 1 spiro atoms. The molecule has 0 N–H and O–H groups in total. The van der Waals surface area contributed by atoms with Gasteiger partial charge in [-0.3, -0.25) is 19.4 Å². The van der Waals surface area contributed by atoms with Crippen LogP contribution in [-0.4, -0.2) is 34.4 Å². The Hall–Kier alpha value is -4.35. The Bertz CT molecular complexity index is 1630. The zero-order valence-electron chi connectivity index (χ0n) is 20.1. The van der Waals surface area contributed by atoms with E-state index in [4.69, 9.17) is 11.6 Å². The van der Waals surface area contributed by atoms with Gasteiger partial charge in [0.2, 0.25) is 0 Å². The third-order valence-electron chi connectivity index (χ3n) is 8.15. The molecule has 1 fully saturated rings. The minimum Gasteiger partial charge on any atom is -0.352 e. The number of benzene rings is 3. The Labute approximate surface area is 224 Å². The van der Waals surface area contributed by atoms with Gasteiger partial charge < -0.3 is 4.90 Å². The lowest BCUT2D eigenvalue weighted by atomic mass is 9.64. The average Bonchev–Trinajstić information content (AvgIpc) is 3.40. The van der Waals surface area contributed by atoms with Crippen LogP contribution in [0.2, 0.25) is 5.02 Å². The number of carbonyl (C=O) groups excluding carboxylic acids is 3. The number of fused-ring (bicyclic) bond motifs is 5. The monoisotopic (exact) mass is 516 g/mol. The molecule has 1 saturated heterocycles. The number of para-hydroxylation sites is 1. The van der Waals surface area contributed by atoms with E-state index >= 15 is 0 Å². The Morgan fingerprint density at radius 3 is 2.21 bits per heavy atom. The van der Waals surface area contributed by atoms with Gasteiger partial charge in [-0.05, 0) is 47.5 Å². The molecule has 3 atom stereocenters. The van der Waals surface area contributed by atoms with Gasteiger partial charge in [-0.1, -0.05) is 72.3 Å². The van der Waals surface area contributed by atoms with Gasteiger partial charge in [-0.25, -0.2) is 0 Å². The molecule has 5 nitrogen and oxygen atoms in total. The van der Waals surface area contributed by atoms with Crippen LogP contribution >= 0.6 is 11.6 Å². The van der Waals surface area contributed by atoms with E-state index in [2.05, 4.69) is 4.98 Å². The van der Waals surface area contributed by atoms with Crippen molar-refractivity contribution in [2.75, 3.05) is 4.90 Å². The summed E-state index contributed by atoms with van der Waals surface area (Å²) in [6.07, 6.45) is 7.20. The molecule has 0 saturated carbocycles. The maximum Gasteiger partial charge on any atom is 0.185 e. The van der Waals surface area contributed by atoms with E-state index in [1.165, 1.54) is 0 Å². The molecule has 4 aromatic rings. The minimum atomic E-state index is -1.52. The van der Waals surface area contributed by atoms with Crippen LogP contribution in [0.3, 0.4) is 0 Å². The number of ketones is 3. The molecule has 7 rings (SSSR count). The van der Waals surface area contributed by atoms with Crippen molar-refractivity contribution in [3.8, 4) is 0 Å². The highest BCUT2D eigenvalue weighted by Gasteiger charge is 2.71. The molecule has 0 unspecified atom stereocenters. The van der Waals surface area contributed by atoms with E-state index < -0.39 is 23.4 Å². The third-order valence-corrected chi connectivity index (χ3v) is 8.41. The predicted octanol–water partition coefficient (Wildman–Crippen LogP) is 6.05. The fourth-order valence-electron chi connectivity index (χ4n) is 6.64. The summed E-state index contributed by atoms with van der Waals surface area (Å²) in [4.78, 5) is 49.8. The van der Waals surface area contributed by atoms with Gasteiger partial charge in [-0.15, -0.1) is 0 Å². The lowest BCUT2D eigenvalue weighted by Crippen LogP contribution is -2.48. The highest BCUT2D eigenvalue weighted by Crippen LogP contribution is 2.60. The molecule has 0 bridgehead atoms. The first-order valence-electron chi connectivity index (χ1n) is 12.5. The number of carbonyl (C=O) groups is 3. The van der Waals surface area contributed by atoms with E-state index in [1.54, 1.807) is 67.0 Å². The van der Waals surface area contributed by atoms with Crippen molar-refractivity contribution in [2.45, 2.75) is 18.0 Å². The molecular formula is C32H21ClN2O3. The predicted molar refractivity (Wildman–Crippen MR) is 146 cm³/mol. The van der Waals surface area contributed by atoms with Crippen LogP contribution in [0.5, 0.6) is 0 Å². The average molecular weight is 517 g/mol. The van der Waals surface area contributed by atoms with E-state index in [9.17, 15) is 14.4 Å². The van der Waals surface area contributed by atoms with Crippen molar-refractivity contribution in [3.63, 3.8) is 0 Å². The van der Waals surface area contributed by atoms with Crippen LogP contribution < -0.4 is 4.90 Å². The standard InChI is InChI=1S/C32H21ClN2O3/c33-22-14-11-20(12-15-22)29(36)28-27(21-7-5-17-34-18-21)32(30(37)23-8-2-3-9-24(23)31(32)38)26-16-13-19-6-1-4-10-25(19)35(26)28/h1-18,26-28H/t26-,27+,28-/m1/s1. The number of pyridine rings is 1. The molecule has 1 aliphatic carbocycles. The lowest BCUT2D eigenvalue weighted by molar-refractivity contribution is 0.0666. The number of nitrogens with zero attached hydrogens (tertiary/aromatic N) is 2. The summed E-state index contributed by atoms with van der Waals surface area (Å²) in [7, 11) is 0. The van der Waals surface area contributed by atoms with Crippen molar-refractivity contribution in [2.24, 2.45) is 5.41 Å². The highest BCUT2D eigenvalue weighted by atomic mass is 35.5. The summed E-state index contributed by atoms with van der Waals surface area (Å²) >= 11 is 6.14. The fourth-order valence-corrected chi connectivity index (χ4v) is 6.76. The minimum absolute atomic E-state index is 0.181. The number of aromatic nitrogens is 1. The zero-order chi connectivity index (χ0) is 26.0. The summed E-state index contributed by atoms with van der Waals surface area (Å²) in [5.74, 6) is -1.46. The van der Waals surface area contributed by atoms with Gasteiger partial charge in [0.1, 0.15) is 11.5 Å². The van der Waals surface area contributed by atoms with Crippen molar-refractivity contribution >= 4 is 40.7 Å². The molecule has 184 valence electrons. The number of halogens is 1. The second kappa shape index (κ2) is 8.33. The Balaban J connectivity index is 1.54. The molecule has 1 aromatic heterocycles. The molecule has 3 aromatic carbocycles. The van der Waals surface area contributed by atoms with Crippen LogP contribution in [-0.2, 0) is 0 Å². The van der Waals surface area contributed by atoms with Crippen LogP contribution in [0.15, 0.2) is 103 Å². The van der Waals surface area contributed by atoms with Gasteiger partial charge in [0.05, 0.1) is 6.04 Å². The quantitative estimate of drug-likeness (QED) is 0.245. The van der Waals surface area contributed by atoms with Gasteiger partial charge in [-0.2, -0.15) is 0 Å². The van der Waals surface area contributed by atoms with E-state index in [0.717, 1.165) is 11.3 Å². The summed E-state index contributed by atoms with van der Waals surface area (Å²) in [5, 5.41) is 0.522.